The van der Waals surface area contributed by atoms with Gasteiger partial charge in [-0.15, -0.1) is 0 Å². The van der Waals surface area contributed by atoms with Gasteiger partial charge in [0.15, 0.2) is 0 Å². The first-order valence-electron chi connectivity index (χ1n) is 7.07. The number of piperidine rings is 1. The molecule has 1 aliphatic heterocycles. The van der Waals surface area contributed by atoms with Gasteiger partial charge in [0.2, 0.25) is 0 Å². The Labute approximate surface area is 113 Å². The van der Waals surface area contributed by atoms with E-state index in [-0.39, 0.29) is 5.92 Å². The van der Waals surface area contributed by atoms with Crippen LogP contribution in [0.3, 0.4) is 0 Å². The van der Waals surface area contributed by atoms with Crippen molar-refractivity contribution in [2.75, 3.05) is 13.1 Å². The predicted octanol–water partition coefficient (Wildman–Crippen LogP) is 2.95. The van der Waals surface area contributed by atoms with E-state index >= 15 is 0 Å². The molecule has 3 nitrogen and oxygen atoms in total. The van der Waals surface area contributed by atoms with E-state index in [1.54, 1.807) is 0 Å². The number of furan rings is 1. The normalized spacial score (nSPS) is 27.8. The van der Waals surface area contributed by atoms with Gasteiger partial charge in [-0.2, -0.15) is 0 Å². The first kappa shape index (κ1) is 12.7. The van der Waals surface area contributed by atoms with Crippen molar-refractivity contribution in [1.29, 1.82) is 0 Å². The van der Waals surface area contributed by atoms with Crippen LogP contribution < -0.4 is 5.32 Å². The van der Waals surface area contributed by atoms with E-state index in [0.29, 0.717) is 6.42 Å². The zero-order valence-corrected chi connectivity index (χ0v) is 11.6. The lowest BCUT2D eigenvalue weighted by atomic mass is 9.78. The quantitative estimate of drug-likeness (QED) is 0.871. The topological polar surface area (TPSA) is 45.4 Å². The maximum Gasteiger partial charge on any atom is 0.137 e. The van der Waals surface area contributed by atoms with E-state index in [1.807, 2.05) is 18.2 Å². The number of hydrogen-bond acceptors (Lipinski definition) is 3. The average Bonchev–Trinajstić information content (AvgIpc) is 2.83. The number of aryl methyl sites for hydroxylation is 1. The summed E-state index contributed by atoms with van der Waals surface area (Å²) in [5, 5.41) is 15.5. The van der Waals surface area contributed by atoms with Crippen molar-refractivity contribution in [2.45, 2.75) is 32.3 Å². The maximum absolute atomic E-state index is 11.0. The summed E-state index contributed by atoms with van der Waals surface area (Å²) >= 11 is 0. The van der Waals surface area contributed by atoms with Gasteiger partial charge in [-0.1, -0.05) is 18.6 Å². The number of nitrogens with one attached hydrogen (secondary N) is 1. The Balaban J connectivity index is 2.06. The van der Waals surface area contributed by atoms with Gasteiger partial charge >= 0.3 is 0 Å². The smallest absolute Gasteiger partial charge is 0.137 e. The zero-order chi connectivity index (χ0) is 13.5. The molecule has 3 rings (SSSR count). The molecule has 2 aromatic rings. The molecule has 0 bridgehead atoms. The molecule has 2 N–H and O–H groups in total. The van der Waals surface area contributed by atoms with Gasteiger partial charge in [0, 0.05) is 17.8 Å². The highest BCUT2D eigenvalue weighted by atomic mass is 16.4. The summed E-state index contributed by atoms with van der Waals surface area (Å²) in [6, 6.07) is 8.14. The second-order valence-corrected chi connectivity index (χ2v) is 5.64. The van der Waals surface area contributed by atoms with Crippen molar-refractivity contribution in [3.05, 3.63) is 35.6 Å². The van der Waals surface area contributed by atoms with Crippen LogP contribution in [0.1, 0.15) is 31.1 Å². The molecule has 3 heteroatoms. The summed E-state index contributed by atoms with van der Waals surface area (Å²) in [5.41, 5.74) is 1.25. The largest absolute Gasteiger partial charge is 0.458 e. The fourth-order valence-electron chi connectivity index (χ4n) is 3.11. The van der Waals surface area contributed by atoms with E-state index < -0.39 is 5.60 Å². The molecule has 1 aromatic carbocycles. The second kappa shape index (κ2) is 4.66. The van der Waals surface area contributed by atoms with E-state index in [2.05, 4.69) is 25.2 Å². The molecule has 0 spiro atoms. The van der Waals surface area contributed by atoms with Crippen LogP contribution in [0, 0.1) is 12.8 Å². The number of fused-ring (bicyclic) bond motifs is 1. The van der Waals surface area contributed by atoms with Crippen LogP contribution in [0.5, 0.6) is 0 Å². The molecule has 0 aliphatic carbocycles. The Morgan fingerprint density at radius 2 is 2.26 bits per heavy atom. The molecule has 0 saturated carbocycles. The van der Waals surface area contributed by atoms with Gasteiger partial charge in [-0.05, 0) is 44.5 Å². The van der Waals surface area contributed by atoms with Gasteiger partial charge in [-0.25, -0.2) is 0 Å². The van der Waals surface area contributed by atoms with Crippen LogP contribution in [-0.2, 0) is 5.60 Å². The first-order chi connectivity index (χ1) is 9.13. The number of rotatable bonds is 2. The molecule has 1 aliphatic rings. The van der Waals surface area contributed by atoms with Crippen LogP contribution >= 0.6 is 0 Å². The maximum atomic E-state index is 11.0. The highest BCUT2D eigenvalue weighted by Gasteiger charge is 2.42. The Hall–Kier alpha value is -1.32. The SMILES string of the molecule is CCC1CNCCC1(O)c1cc2cc(C)ccc2o1. The average molecular weight is 259 g/mol. The Morgan fingerprint density at radius 3 is 3.05 bits per heavy atom. The van der Waals surface area contributed by atoms with Crippen molar-refractivity contribution >= 4 is 11.0 Å². The predicted molar refractivity (Wildman–Crippen MR) is 76.1 cm³/mol. The molecule has 2 atom stereocenters. The molecule has 102 valence electrons. The van der Waals surface area contributed by atoms with Gasteiger partial charge in [0.05, 0.1) is 0 Å². The van der Waals surface area contributed by atoms with E-state index in [1.165, 1.54) is 5.56 Å². The highest BCUT2D eigenvalue weighted by Crippen LogP contribution is 2.39. The molecule has 0 radical (unpaired) electrons. The third-order valence-corrected chi connectivity index (χ3v) is 4.34. The molecule has 19 heavy (non-hydrogen) atoms. The fourth-order valence-corrected chi connectivity index (χ4v) is 3.11. The zero-order valence-electron chi connectivity index (χ0n) is 11.6. The van der Waals surface area contributed by atoms with Gasteiger partial charge < -0.3 is 14.8 Å². The van der Waals surface area contributed by atoms with Crippen molar-refractivity contribution in [3.63, 3.8) is 0 Å². The van der Waals surface area contributed by atoms with Gasteiger partial charge in [0.1, 0.15) is 16.9 Å². The number of hydrogen-bond donors (Lipinski definition) is 2. The van der Waals surface area contributed by atoms with Gasteiger partial charge in [-0.3, -0.25) is 0 Å². The van der Waals surface area contributed by atoms with Crippen molar-refractivity contribution in [2.24, 2.45) is 5.92 Å². The lowest BCUT2D eigenvalue weighted by molar-refractivity contribution is -0.0634. The third kappa shape index (κ3) is 2.07. The minimum absolute atomic E-state index is 0.211. The summed E-state index contributed by atoms with van der Waals surface area (Å²) < 4.78 is 5.92. The lowest BCUT2D eigenvalue weighted by Gasteiger charge is -2.38. The monoisotopic (exact) mass is 259 g/mol. The summed E-state index contributed by atoms with van der Waals surface area (Å²) in [4.78, 5) is 0. The van der Waals surface area contributed by atoms with Crippen LogP contribution in [-0.4, -0.2) is 18.2 Å². The Kier molecular flexibility index (Phi) is 3.11. The second-order valence-electron chi connectivity index (χ2n) is 5.64. The van der Waals surface area contributed by atoms with Crippen molar-refractivity contribution in [3.8, 4) is 0 Å². The highest BCUT2D eigenvalue weighted by molar-refractivity contribution is 5.78. The van der Waals surface area contributed by atoms with Crippen LogP contribution in [0.2, 0.25) is 0 Å². The van der Waals surface area contributed by atoms with Crippen LogP contribution in [0.25, 0.3) is 11.0 Å². The molecular weight excluding hydrogens is 238 g/mol. The molecule has 1 saturated heterocycles. The minimum atomic E-state index is -0.826. The number of benzene rings is 1. The Bertz CT molecular complexity index is 589. The third-order valence-electron chi connectivity index (χ3n) is 4.34. The lowest BCUT2D eigenvalue weighted by Crippen LogP contribution is -2.47. The summed E-state index contributed by atoms with van der Waals surface area (Å²) in [5.74, 6) is 0.935. The molecule has 1 aromatic heterocycles. The van der Waals surface area contributed by atoms with Crippen molar-refractivity contribution < 1.29 is 9.52 Å². The van der Waals surface area contributed by atoms with Crippen molar-refractivity contribution in [1.82, 2.24) is 5.32 Å². The fraction of sp³-hybridized carbons (Fsp3) is 0.500. The van der Waals surface area contributed by atoms with E-state index in [4.69, 9.17) is 4.42 Å². The van der Waals surface area contributed by atoms with Crippen LogP contribution in [0.4, 0.5) is 0 Å². The first-order valence-corrected chi connectivity index (χ1v) is 7.07. The standard InChI is InChI=1S/C16H21NO2/c1-3-13-10-17-7-6-16(13,18)15-9-12-8-11(2)4-5-14(12)19-15/h4-5,8-9,13,17-18H,3,6-7,10H2,1-2H3. The molecular formula is C16H21NO2. The van der Waals surface area contributed by atoms with E-state index in [9.17, 15) is 5.11 Å². The minimum Gasteiger partial charge on any atom is -0.458 e. The molecule has 2 unspecified atom stereocenters. The van der Waals surface area contributed by atoms with Crippen LogP contribution in [0.15, 0.2) is 28.7 Å². The molecule has 0 amide bonds. The molecule has 2 heterocycles. The van der Waals surface area contributed by atoms with Gasteiger partial charge in [0.25, 0.3) is 0 Å². The summed E-state index contributed by atoms with van der Waals surface area (Å²) in [7, 11) is 0. The summed E-state index contributed by atoms with van der Waals surface area (Å²) in [6.07, 6.45) is 1.66. The Morgan fingerprint density at radius 1 is 1.42 bits per heavy atom. The number of aliphatic hydroxyl groups is 1. The molecule has 1 fully saturated rings. The van der Waals surface area contributed by atoms with E-state index in [0.717, 1.165) is 36.2 Å². The summed E-state index contributed by atoms with van der Waals surface area (Å²) in [6.45, 7) is 5.88.